The van der Waals surface area contributed by atoms with Gasteiger partial charge in [-0.3, -0.25) is 4.72 Å². The Morgan fingerprint density at radius 2 is 1.75 bits per heavy atom. The molecular weight excluding hydrogens is 333 g/mol. The third kappa shape index (κ3) is 3.77. The molecule has 1 unspecified atom stereocenters. The molecule has 0 fully saturated rings. The van der Waals surface area contributed by atoms with Gasteiger partial charge in [0.05, 0.1) is 6.26 Å². The van der Waals surface area contributed by atoms with Gasteiger partial charge in [0.15, 0.2) is 0 Å². The highest BCUT2D eigenvalue weighted by Gasteiger charge is 2.20. The van der Waals surface area contributed by atoms with E-state index in [0.29, 0.717) is 16.8 Å². The maximum Gasteiger partial charge on any atom is 0.266 e. The Kier molecular flexibility index (Phi) is 4.30. The average molecular weight is 347 g/mol. The van der Waals surface area contributed by atoms with Crippen LogP contribution >= 0.6 is 0 Å². The van der Waals surface area contributed by atoms with E-state index < -0.39 is 16.2 Å². The smallest absolute Gasteiger partial charge is 0.266 e. The monoisotopic (exact) mass is 347 g/mol. The molecular formula is C16H14FN3O3S. The van der Waals surface area contributed by atoms with Crippen molar-refractivity contribution >= 4 is 15.7 Å². The van der Waals surface area contributed by atoms with Crippen molar-refractivity contribution in [1.29, 1.82) is 0 Å². The lowest BCUT2D eigenvalue weighted by Crippen LogP contribution is -2.09. The first kappa shape index (κ1) is 16.1. The second-order valence-corrected chi connectivity index (χ2v) is 6.93. The van der Waals surface area contributed by atoms with Gasteiger partial charge in [0, 0.05) is 11.3 Å². The molecule has 2 aromatic carbocycles. The van der Waals surface area contributed by atoms with Gasteiger partial charge in [-0.2, -0.15) is 4.98 Å². The molecule has 0 aliphatic heterocycles. The second kappa shape index (κ2) is 6.40. The SMILES string of the molecule is CS(=O)(=O)Nc1ccc(-c2noc(C(F)c3ccccc3)n2)cc1. The Labute approximate surface area is 138 Å². The quantitative estimate of drug-likeness (QED) is 0.766. The van der Waals surface area contributed by atoms with Gasteiger partial charge in [0.2, 0.25) is 22.0 Å². The number of sulfonamides is 1. The van der Waals surface area contributed by atoms with Crippen LogP contribution < -0.4 is 4.72 Å². The normalized spacial score (nSPS) is 12.8. The molecule has 0 aliphatic carbocycles. The lowest BCUT2D eigenvalue weighted by molar-refractivity contribution is 0.282. The molecule has 1 atom stereocenters. The van der Waals surface area contributed by atoms with Crippen molar-refractivity contribution in [2.45, 2.75) is 6.17 Å². The number of anilines is 1. The highest BCUT2D eigenvalue weighted by Crippen LogP contribution is 2.27. The summed E-state index contributed by atoms with van der Waals surface area (Å²) in [4.78, 5) is 4.07. The summed E-state index contributed by atoms with van der Waals surface area (Å²) >= 11 is 0. The zero-order chi connectivity index (χ0) is 17.2. The molecule has 0 saturated carbocycles. The molecule has 3 rings (SSSR count). The number of hydrogen-bond donors (Lipinski definition) is 1. The van der Waals surface area contributed by atoms with E-state index in [9.17, 15) is 12.8 Å². The number of aromatic nitrogens is 2. The summed E-state index contributed by atoms with van der Waals surface area (Å²) in [7, 11) is -3.34. The Morgan fingerprint density at radius 1 is 1.08 bits per heavy atom. The first-order valence-electron chi connectivity index (χ1n) is 7.03. The Morgan fingerprint density at radius 3 is 2.38 bits per heavy atom. The molecule has 1 heterocycles. The standard InChI is InChI=1S/C16H14FN3O3S/c1-24(21,22)20-13-9-7-12(8-10-13)15-18-16(23-19-15)14(17)11-5-3-2-4-6-11/h2-10,14,20H,1H3. The molecule has 0 saturated heterocycles. The van der Waals surface area contributed by atoms with Crippen LogP contribution in [0, 0.1) is 0 Å². The minimum Gasteiger partial charge on any atom is -0.335 e. The van der Waals surface area contributed by atoms with Crippen LogP contribution in [0.25, 0.3) is 11.4 Å². The van der Waals surface area contributed by atoms with E-state index in [4.69, 9.17) is 4.52 Å². The summed E-state index contributed by atoms with van der Waals surface area (Å²) in [5, 5.41) is 3.77. The number of alkyl halides is 1. The molecule has 0 bridgehead atoms. The van der Waals surface area contributed by atoms with Gasteiger partial charge < -0.3 is 4.52 Å². The molecule has 24 heavy (non-hydrogen) atoms. The predicted octanol–water partition coefficient (Wildman–Crippen LogP) is 3.17. The minimum atomic E-state index is -3.34. The van der Waals surface area contributed by atoms with Crippen LogP contribution in [0.15, 0.2) is 59.1 Å². The van der Waals surface area contributed by atoms with Crippen LogP contribution in [0.3, 0.4) is 0 Å². The van der Waals surface area contributed by atoms with E-state index in [2.05, 4.69) is 14.9 Å². The Hall–Kier alpha value is -2.74. The lowest BCUT2D eigenvalue weighted by Gasteiger charge is -2.03. The van der Waals surface area contributed by atoms with Gasteiger partial charge >= 0.3 is 0 Å². The van der Waals surface area contributed by atoms with E-state index in [1.165, 1.54) is 0 Å². The van der Waals surface area contributed by atoms with E-state index in [0.717, 1.165) is 6.26 Å². The van der Waals surface area contributed by atoms with Crippen molar-refractivity contribution in [3.05, 3.63) is 66.1 Å². The molecule has 6 nitrogen and oxygen atoms in total. The lowest BCUT2D eigenvalue weighted by atomic mass is 10.1. The van der Waals surface area contributed by atoms with Gasteiger partial charge in [-0.05, 0) is 29.8 Å². The van der Waals surface area contributed by atoms with Crippen LogP contribution in [0.4, 0.5) is 10.1 Å². The highest BCUT2D eigenvalue weighted by molar-refractivity contribution is 7.92. The molecule has 0 aliphatic rings. The van der Waals surface area contributed by atoms with Gasteiger partial charge in [-0.25, -0.2) is 12.8 Å². The second-order valence-electron chi connectivity index (χ2n) is 5.18. The minimum absolute atomic E-state index is 0.130. The summed E-state index contributed by atoms with van der Waals surface area (Å²) in [6, 6.07) is 14.9. The third-order valence-corrected chi connectivity index (χ3v) is 3.80. The molecule has 1 N–H and O–H groups in total. The van der Waals surface area contributed by atoms with Crippen molar-refractivity contribution in [3.63, 3.8) is 0 Å². The molecule has 124 valence electrons. The van der Waals surface area contributed by atoms with Crippen molar-refractivity contribution < 1.29 is 17.3 Å². The topological polar surface area (TPSA) is 85.1 Å². The fourth-order valence-corrected chi connectivity index (χ4v) is 2.69. The number of nitrogens with one attached hydrogen (secondary N) is 1. The third-order valence-electron chi connectivity index (χ3n) is 3.20. The van der Waals surface area contributed by atoms with Crippen molar-refractivity contribution in [2.24, 2.45) is 0 Å². The van der Waals surface area contributed by atoms with Crippen molar-refractivity contribution in [2.75, 3.05) is 11.0 Å². The molecule has 1 aromatic heterocycles. The van der Waals surface area contributed by atoms with Crippen molar-refractivity contribution in [3.8, 4) is 11.4 Å². The highest BCUT2D eigenvalue weighted by atomic mass is 32.2. The number of halogens is 1. The van der Waals surface area contributed by atoms with Crippen LogP contribution in [0.2, 0.25) is 0 Å². The molecule has 0 amide bonds. The van der Waals surface area contributed by atoms with E-state index >= 15 is 0 Å². The van der Waals surface area contributed by atoms with E-state index in [-0.39, 0.29) is 11.7 Å². The van der Waals surface area contributed by atoms with Crippen LogP contribution in [0.5, 0.6) is 0 Å². The summed E-state index contributed by atoms with van der Waals surface area (Å²) in [5.74, 6) is 0.101. The maximum atomic E-state index is 14.4. The molecule has 0 spiro atoms. The average Bonchev–Trinajstić information content (AvgIpc) is 3.04. The fourth-order valence-electron chi connectivity index (χ4n) is 2.12. The zero-order valence-electron chi connectivity index (χ0n) is 12.7. The predicted molar refractivity (Wildman–Crippen MR) is 87.6 cm³/mol. The summed E-state index contributed by atoms with van der Waals surface area (Å²) < 4.78 is 44.1. The van der Waals surface area contributed by atoms with Crippen LogP contribution in [-0.4, -0.2) is 24.8 Å². The number of hydrogen-bond acceptors (Lipinski definition) is 5. The summed E-state index contributed by atoms with van der Waals surface area (Å²) in [6.45, 7) is 0. The van der Waals surface area contributed by atoms with Crippen molar-refractivity contribution in [1.82, 2.24) is 10.1 Å². The number of nitrogens with zero attached hydrogens (tertiary/aromatic N) is 2. The zero-order valence-corrected chi connectivity index (χ0v) is 13.5. The maximum absolute atomic E-state index is 14.4. The fraction of sp³-hybridized carbons (Fsp3) is 0.125. The first-order chi connectivity index (χ1) is 11.4. The van der Waals surface area contributed by atoms with Gasteiger partial charge in [0.1, 0.15) is 0 Å². The van der Waals surface area contributed by atoms with Gasteiger partial charge in [-0.1, -0.05) is 35.5 Å². The first-order valence-corrected chi connectivity index (χ1v) is 8.92. The molecule has 8 heteroatoms. The Bertz CT molecular complexity index is 925. The largest absolute Gasteiger partial charge is 0.335 e. The molecule has 3 aromatic rings. The van der Waals surface area contributed by atoms with Gasteiger partial charge in [0.25, 0.3) is 5.89 Å². The molecule has 0 radical (unpaired) electrons. The van der Waals surface area contributed by atoms with E-state index in [1.54, 1.807) is 54.6 Å². The van der Waals surface area contributed by atoms with Crippen LogP contribution in [0.1, 0.15) is 17.6 Å². The van der Waals surface area contributed by atoms with E-state index in [1.807, 2.05) is 0 Å². The van der Waals surface area contributed by atoms with Crippen LogP contribution in [-0.2, 0) is 10.0 Å². The number of benzene rings is 2. The summed E-state index contributed by atoms with van der Waals surface area (Å²) in [6.07, 6.45) is -0.434. The summed E-state index contributed by atoms with van der Waals surface area (Å²) in [5.41, 5.74) is 1.43. The Balaban J connectivity index is 1.80. The van der Waals surface area contributed by atoms with Gasteiger partial charge in [-0.15, -0.1) is 0 Å². The number of rotatable bonds is 5.